The molecule has 0 aliphatic carbocycles. The summed E-state index contributed by atoms with van der Waals surface area (Å²) in [5.74, 6) is 0.0557. The number of anilines is 1. The molecule has 1 atom stereocenters. The van der Waals surface area contributed by atoms with Crippen molar-refractivity contribution in [2.45, 2.75) is 20.0 Å². The maximum absolute atomic E-state index is 12.5. The molecule has 138 valence electrons. The second kappa shape index (κ2) is 8.89. The molecule has 1 amide bonds. The molecule has 0 unspecified atom stereocenters. The van der Waals surface area contributed by atoms with E-state index in [0.29, 0.717) is 18.1 Å². The molecule has 0 aromatic heterocycles. The van der Waals surface area contributed by atoms with E-state index in [4.69, 9.17) is 14.2 Å². The van der Waals surface area contributed by atoms with Gasteiger partial charge < -0.3 is 19.1 Å². The van der Waals surface area contributed by atoms with Crippen LogP contribution in [0.1, 0.15) is 24.2 Å². The number of amides is 1. The fourth-order valence-corrected chi connectivity index (χ4v) is 2.40. The lowest BCUT2D eigenvalue weighted by atomic mass is 10.2. The largest absolute Gasteiger partial charge is 0.493 e. The molecule has 0 saturated heterocycles. The number of methoxy groups -OCH3 is 1. The number of para-hydroxylation sites is 1. The van der Waals surface area contributed by atoms with Crippen LogP contribution in [0.25, 0.3) is 0 Å². The zero-order valence-electron chi connectivity index (χ0n) is 15.4. The van der Waals surface area contributed by atoms with Gasteiger partial charge in [-0.05, 0) is 44.2 Å². The summed E-state index contributed by atoms with van der Waals surface area (Å²) < 4.78 is 16.0. The second-order valence-electron chi connectivity index (χ2n) is 5.58. The summed E-state index contributed by atoms with van der Waals surface area (Å²) in [4.78, 5) is 26.3. The molecule has 0 fully saturated rings. The Kier molecular flexibility index (Phi) is 6.60. The van der Waals surface area contributed by atoms with Crippen LogP contribution in [0.2, 0.25) is 0 Å². The van der Waals surface area contributed by atoms with Crippen molar-refractivity contribution in [1.82, 2.24) is 0 Å². The first-order valence-corrected chi connectivity index (χ1v) is 8.32. The third-order valence-electron chi connectivity index (χ3n) is 3.80. The number of hydrogen-bond acceptors (Lipinski definition) is 5. The van der Waals surface area contributed by atoms with Crippen molar-refractivity contribution in [3.8, 4) is 11.5 Å². The Morgan fingerprint density at radius 3 is 2.38 bits per heavy atom. The molecule has 0 saturated carbocycles. The minimum atomic E-state index is -0.926. The predicted molar refractivity (Wildman–Crippen MR) is 98.9 cm³/mol. The highest BCUT2D eigenvalue weighted by molar-refractivity contribution is 5.98. The lowest BCUT2D eigenvalue weighted by Crippen LogP contribution is -2.37. The molecular weight excluding hydrogens is 334 g/mol. The Bertz CT molecular complexity index is 760. The topological polar surface area (TPSA) is 65.1 Å². The van der Waals surface area contributed by atoms with Crippen molar-refractivity contribution in [3.05, 3.63) is 54.1 Å². The first-order valence-electron chi connectivity index (χ1n) is 8.32. The summed E-state index contributed by atoms with van der Waals surface area (Å²) in [6.07, 6.45) is -0.926. The second-order valence-corrected chi connectivity index (χ2v) is 5.58. The first-order chi connectivity index (χ1) is 12.5. The molecular formula is C20H23NO5. The van der Waals surface area contributed by atoms with Gasteiger partial charge in [0.1, 0.15) is 0 Å². The van der Waals surface area contributed by atoms with Crippen LogP contribution < -0.4 is 14.4 Å². The fourth-order valence-electron chi connectivity index (χ4n) is 2.40. The van der Waals surface area contributed by atoms with Gasteiger partial charge in [-0.25, -0.2) is 4.79 Å². The Balaban J connectivity index is 2.09. The predicted octanol–water partition coefficient (Wildman–Crippen LogP) is 3.30. The number of ether oxygens (including phenoxy) is 3. The van der Waals surface area contributed by atoms with Gasteiger partial charge in [-0.2, -0.15) is 0 Å². The molecule has 0 aliphatic rings. The molecule has 26 heavy (non-hydrogen) atoms. The minimum absolute atomic E-state index is 0.288. The summed E-state index contributed by atoms with van der Waals surface area (Å²) in [6, 6.07) is 13.9. The molecule has 0 N–H and O–H groups in total. The Morgan fingerprint density at radius 1 is 1.08 bits per heavy atom. The summed E-state index contributed by atoms with van der Waals surface area (Å²) in [5.41, 5.74) is 1.01. The monoisotopic (exact) mass is 357 g/mol. The van der Waals surface area contributed by atoms with Gasteiger partial charge in [0.05, 0.1) is 19.3 Å². The first kappa shape index (κ1) is 19.3. The van der Waals surface area contributed by atoms with E-state index in [1.165, 1.54) is 12.0 Å². The average Bonchev–Trinajstić information content (AvgIpc) is 2.67. The van der Waals surface area contributed by atoms with Gasteiger partial charge >= 0.3 is 5.97 Å². The highest BCUT2D eigenvalue weighted by Gasteiger charge is 2.23. The Morgan fingerprint density at radius 2 is 1.77 bits per heavy atom. The molecule has 0 spiro atoms. The maximum Gasteiger partial charge on any atom is 0.339 e. The van der Waals surface area contributed by atoms with Crippen molar-refractivity contribution in [1.29, 1.82) is 0 Å². The normalized spacial score (nSPS) is 11.4. The van der Waals surface area contributed by atoms with Gasteiger partial charge in [0.15, 0.2) is 17.6 Å². The SMILES string of the molecule is CCOc1cc(C(=O)O[C@H](C)C(=O)N(C)c2ccccc2)ccc1OC. The number of benzene rings is 2. The van der Waals surface area contributed by atoms with Gasteiger partial charge in [-0.15, -0.1) is 0 Å². The lowest BCUT2D eigenvalue weighted by molar-refractivity contribution is -0.126. The lowest BCUT2D eigenvalue weighted by Gasteiger charge is -2.21. The van der Waals surface area contributed by atoms with E-state index < -0.39 is 12.1 Å². The van der Waals surface area contributed by atoms with E-state index in [-0.39, 0.29) is 11.5 Å². The molecule has 2 rings (SSSR count). The van der Waals surface area contributed by atoms with Crippen LogP contribution in [0, 0.1) is 0 Å². The molecule has 2 aromatic carbocycles. The molecule has 6 heteroatoms. The van der Waals surface area contributed by atoms with Crippen LogP contribution in [-0.2, 0) is 9.53 Å². The molecule has 2 aromatic rings. The van der Waals surface area contributed by atoms with E-state index in [1.54, 1.807) is 32.2 Å². The van der Waals surface area contributed by atoms with Gasteiger partial charge in [0.2, 0.25) is 0 Å². The van der Waals surface area contributed by atoms with Crippen LogP contribution in [0.15, 0.2) is 48.5 Å². The van der Waals surface area contributed by atoms with Crippen LogP contribution in [0.5, 0.6) is 11.5 Å². The third kappa shape index (κ3) is 4.53. The summed E-state index contributed by atoms with van der Waals surface area (Å²) >= 11 is 0. The fraction of sp³-hybridized carbons (Fsp3) is 0.300. The number of carbonyl (C=O) groups is 2. The van der Waals surface area contributed by atoms with Crippen LogP contribution >= 0.6 is 0 Å². The smallest absolute Gasteiger partial charge is 0.339 e. The average molecular weight is 357 g/mol. The third-order valence-corrected chi connectivity index (χ3v) is 3.80. The maximum atomic E-state index is 12.5. The van der Waals surface area contributed by atoms with Crippen LogP contribution in [-0.4, -0.2) is 38.7 Å². The molecule has 0 radical (unpaired) electrons. The number of nitrogens with zero attached hydrogens (tertiary/aromatic N) is 1. The highest BCUT2D eigenvalue weighted by Crippen LogP contribution is 2.28. The summed E-state index contributed by atoms with van der Waals surface area (Å²) in [6.45, 7) is 3.82. The standard InChI is InChI=1S/C20H23NO5/c1-5-25-18-13-15(11-12-17(18)24-4)20(23)26-14(2)19(22)21(3)16-9-7-6-8-10-16/h6-14H,5H2,1-4H3/t14-/m1/s1. The van der Waals surface area contributed by atoms with Gasteiger partial charge in [-0.1, -0.05) is 18.2 Å². The van der Waals surface area contributed by atoms with E-state index >= 15 is 0 Å². The molecule has 0 heterocycles. The van der Waals surface area contributed by atoms with E-state index in [1.807, 2.05) is 37.3 Å². The van der Waals surface area contributed by atoms with Crippen molar-refractivity contribution < 1.29 is 23.8 Å². The zero-order chi connectivity index (χ0) is 19.1. The van der Waals surface area contributed by atoms with Crippen molar-refractivity contribution >= 4 is 17.6 Å². The highest BCUT2D eigenvalue weighted by atomic mass is 16.5. The van der Waals surface area contributed by atoms with Gasteiger partial charge in [0, 0.05) is 12.7 Å². The van der Waals surface area contributed by atoms with Crippen LogP contribution in [0.3, 0.4) is 0 Å². The number of esters is 1. The molecule has 6 nitrogen and oxygen atoms in total. The quantitative estimate of drug-likeness (QED) is 0.712. The van der Waals surface area contributed by atoms with Crippen molar-refractivity contribution in [2.24, 2.45) is 0 Å². The summed E-state index contributed by atoms with van der Waals surface area (Å²) in [7, 11) is 3.17. The van der Waals surface area contributed by atoms with E-state index in [9.17, 15) is 9.59 Å². The van der Waals surface area contributed by atoms with Crippen LogP contribution in [0.4, 0.5) is 5.69 Å². The van der Waals surface area contributed by atoms with E-state index in [2.05, 4.69) is 0 Å². The Labute approximate surface area is 153 Å². The van der Waals surface area contributed by atoms with Crippen molar-refractivity contribution in [3.63, 3.8) is 0 Å². The Hall–Kier alpha value is -3.02. The molecule has 0 bridgehead atoms. The number of hydrogen-bond donors (Lipinski definition) is 0. The van der Waals surface area contributed by atoms with Crippen molar-refractivity contribution in [2.75, 3.05) is 25.7 Å². The van der Waals surface area contributed by atoms with E-state index in [0.717, 1.165) is 5.69 Å². The minimum Gasteiger partial charge on any atom is -0.493 e. The van der Waals surface area contributed by atoms with Gasteiger partial charge in [0.25, 0.3) is 5.91 Å². The summed E-state index contributed by atoms with van der Waals surface area (Å²) in [5, 5.41) is 0. The molecule has 0 aliphatic heterocycles. The van der Waals surface area contributed by atoms with Gasteiger partial charge in [-0.3, -0.25) is 4.79 Å². The number of rotatable bonds is 7. The zero-order valence-corrected chi connectivity index (χ0v) is 15.4. The number of carbonyl (C=O) groups excluding carboxylic acids is 2. The number of likely N-dealkylation sites (N-methyl/N-ethyl adjacent to an activating group) is 1.